The van der Waals surface area contributed by atoms with E-state index in [0.29, 0.717) is 6.20 Å². The van der Waals surface area contributed by atoms with Gasteiger partial charge in [0.15, 0.2) is 16.6 Å². The van der Waals surface area contributed by atoms with Crippen LogP contribution in [0.25, 0.3) is 5.82 Å². The largest absolute Gasteiger partial charge is 0.465 e. The number of benzene rings is 1. The number of ether oxygens (including phenoxy) is 2. The number of carbonyl (C=O) groups excluding carboxylic acids is 1. The number of nitrogens with zero attached hydrogens (tertiary/aromatic N) is 3. The van der Waals surface area contributed by atoms with Crippen LogP contribution in [0.1, 0.15) is 15.9 Å². The van der Waals surface area contributed by atoms with E-state index >= 15 is 0 Å². The Kier molecular flexibility index (Phi) is 5.55. The molecule has 3 aromatic rings. The molecule has 2 heterocycles. The van der Waals surface area contributed by atoms with Gasteiger partial charge in [0.2, 0.25) is 0 Å². The van der Waals surface area contributed by atoms with Gasteiger partial charge in [0.1, 0.15) is 5.75 Å². The van der Waals surface area contributed by atoms with E-state index in [1.807, 2.05) is 0 Å². The molecular formula is C18H11ClF3N3O4. The molecule has 0 spiro atoms. The Morgan fingerprint density at radius 2 is 1.93 bits per heavy atom. The van der Waals surface area contributed by atoms with Gasteiger partial charge < -0.3 is 9.47 Å². The molecule has 0 atom stereocenters. The average Bonchev–Trinajstić information content (AvgIpc) is 2.70. The Morgan fingerprint density at radius 1 is 1.17 bits per heavy atom. The highest BCUT2D eigenvalue weighted by Crippen LogP contribution is 2.29. The first-order valence-electron chi connectivity index (χ1n) is 7.88. The molecule has 0 fully saturated rings. The Labute approximate surface area is 166 Å². The van der Waals surface area contributed by atoms with Crippen molar-refractivity contribution in [2.45, 2.75) is 6.18 Å². The van der Waals surface area contributed by atoms with Gasteiger partial charge in [-0.2, -0.15) is 23.0 Å². The standard InChI is InChI=1S/C18H11ClF3N3O4/c1-28-17(27)10-3-2-4-12(7-10)29-13-9-24-25(16(26)15(13)19)14-6-5-11(8-23-14)18(20,21)22/h2-9H,1H3. The zero-order chi connectivity index (χ0) is 21.2. The fourth-order valence-electron chi connectivity index (χ4n) is 2.26. The third-order valence-electron chi connectivity index (χ3n) is 3.66. The van der Waals surface area contributed by atoms with Crippen LogP contribution in [0, 0.1) is 0 Å². The summed E-state index contributed by atoms with van der Waals surface area (Å²) in [4.78, 5) is 27.6. The summed E-state index contributed by atoms with van der Waals surface area (Å²) in [5.41, 5.74) is -1.59. The van der Waals surface area contributed by atoms with Gasteiger partial charge in [-0.15, -0.1) is 0 Å². The number of hydrogen-bond acceptors (Lipinski definition) is 6. The van der Waals surface area contributed by atoms with Gasteiger partial charge in [0, 0.05) is 6.20 Å². The molecule has 29 heavy (non-hydrogen) atoms. The number of methoxy groups -OCH3 is 1. The van der Waals surface area contributed by atoms with Crippen LogP contribution in [-0.4, -0.2) is 27.8 Å². The molecule has 7 nitrogen and oxygen atoms in total. The number of esters is 1. The molecule has 11 heteroatoms. The van der Waals surface area contributed by atoms with Crippen LogP contribution in [0.15, 0.2) is 53.6 Å². The second kappa shape index (κ2) is 7.92. The van der Waals surface area contributed by atoms with Crippen LogP contribution in [-0.2, 0) is 10.9 Å². The summed E-state index contributed by atoms with van der Waals surface area (Å²) in [5.74, 6) is -0.643. The summed E-state index contributed by atoms with van der Waals surface area (Å²) in [6.07, 6.45) is -2.87. The fraction of sp³-hybridized carbons (Fsp3) is 0.111. The number of pyridine rings is 1. The van der Waals surface area contributed by atoms with E-state index in [4.69, 9.17) is 16.3 Å². The maximum Gasteiger partial charge on any atom is 0.417 e. The van der Waals surface area contributed by atoms with Gasteiger partial charge in [-0.1, -0.05) is 17.7 Å². The van der Waals surface area contributed by atoms with Crippen molar-refractivity contribution in [3.8, 4) is 17.3 Å². The van der Waals surface area contributed by atoms with Crippen LogP contribution < -0.4 is 10.3 Å². The van der Waals surface area contributed by atoms with Crippen molar-refractivity contribution in [2.75, 3.05) is 7.11 Å². The molecule has 1 aromatic carbocycles. The SMILES string of the molecule is COC(=O)c1cccc(Oc2cnn(-c3ccc(C(F)(F)F)cn3)c(=O)c2Cl)c1. The highest BCUT2D eigenvalue weighted by atomic mass is 35.5. The first kappa shape index (κ1) is 20.3. The predicted molar refractivity (Wildman–Crippen MR) is 95.5 cm³/mol. The monoisotopic (exact) mass is 425 g/mol. The number of alkyl halides is 3. The van der Waals surface area contributed by atoms with E-state index < -0.39 is 23.3 Å². The van der Waals surface area contributed by atoms with Crippen LogP contribution in [0.4, 0.5) is 13.2 Å². The zero-order valence-corrected chi connectivity index (χ0v) is 15.4. The van der Waals surface area contributed by atoms with E-state index in [2.05, 4.69) is 14.8 Å². The van der Waals surface area contributed by atoms with Crippen molar-refractivity contribution in [3.05, 3.63) is 75.3 Å². The molecule has 0 aliphatic rings. The molecule has 0 aliphatic heterocycles. The molecule has 0 aliphatic carbocycles. The lowest BCUT2D eigenvalue weighted by Gasteiger charge is -2.11. The molecule has 0 bridgehead atoms. The highest BCUT2D eigenvalue weighted by Gasteiger charge is 2.30. The molecule has 2 aromatic heterocycles. The van der Waals surface area contributed by atoms with Crippen molar-refractivity contribution in [3.63, 3.8) is 0 Å². The van der Waals surface area contributed by atoms with Gasteiger partial charge in [-0.3, -0.25) is 4.79 Å². The number of carbonyl (C=O) groups is 1. The van der Waals surface area contributed by atoms with Crippen molar-refractivity contribution in [2.24, 2.45) is 0 Å². The van der Waals surface area contributed by atoms with E-state index in [1.165, 1.54) is 31.4 Å². The molecular weight excluding hydrogens is 415 g/mol. The Morgan fingerprint density at radius 3 is 2.55 bits per heavy atom. The number of halogens is 4. The van der Waals surface area contributed by atoms with E-state index in [9.17, 15) is 22.8 Å². The average molecular weight is 426 g/mol. The Balaban J connectivity index is 1.91. The molecule has 0 radical (unpaired) electrons. The lowest BCUT2D eigenvalue weighted by Crippen LogP contribution is -2.23. The summed E-state index contributed by atoms with van der Waals surface area (Å²) in [7, 11) is 1.23. The number of aromatic nitrogens is 3. The van der Waals surface area contributed by atoms with Crippen molar-refractivity contribution >= 4 is 17.6 Å². The number of rotatable bonds is 4. The first-order chi connectivity index (χ1) is 13.7. The minimum Gasteiger partial charge on any atom is -0.465 e. The van der Waals surface area contributed by atoms with Crippen LogP contribution >= 0.6 is 11.6 Å². The summed E-state index contributed by atoms with van der Waals surface area (Å²) in [6, 6.07) is 7.71. The minimum absolute atomic E-state index is 0.109. The normalized spacial score (nSPS) is 11.2. The Bertz CT molecular complexity index is 1110. The van der Waals surface area contributed by atoms with Crippen molar-refractivity contribution < 1.29 is 27.4 Å². The second-order valence-electron chi connectivity index (χ2n) is 5.56. The Hall–Kier alpha value is -3.40. The third-order valence-corrected chi connectivity index (χ3v) is 4.01. The minimum atomic E-state index is -4.56. The second-order valence-corrected chi connectivity index (χ2v) is 5.94. The maximum absolute atomic E-state index is 12.6. The topological polar surface area (TPSA) is 83.3 Å². The lowest BCUT2D eigenvalue weighted by atomic mass is 10.2. The molecule has 0 N–H and O–H groups in total. The summed E-state index contributed by atoms with van der Waals surface area (Å²) in [5, 5.41) is 3.46. The zero-order valence-electron chi connectivity index (χ0n) is 14.6. The van der Waals surface area contributed by atoms with Crippen LogP contribution in [0.2, 0.25) is 5.02 Å². The van der Waals surface area contributed by atoms with Gasteiger partial charge >= 0.3 is 12.1 Å². The first-order valence-corrected chi connectivity index (χ1v) is 8.26. The molecule has 3 rings (SSSR count). The molecule has 0 unspecified atom stereocenters. The van der Waals surface area contributed by atoms with Gasteiger partial charge in [-0.25, -0.2) is 9.78 Å². The van der Waals surface area contributed by atoms with E-state index in [0.717, 1.165) is 23.0 Å². The third kappa shape index (κ3) is 4.37. The molecule has 0 amide bonds. The van der Waals surface area contributed by atoms with E-state index in [1.54, 1.807) is 0 Å². The predicted octanol–water partition coefficient (Wildman–Crippen LogP) is 3.88. The summed E-state index contributed by atoms with van der Waals surface area (Å²) in [6.45, 7) is 0. The smallest absolute Gasteiger partial charge is 0.417 e. The van der Waals surface area contributed by atoms with Gasteiger partial charge in [0.25, 0.3) is 5.56 Å². The number of hydrogen-bond donors (Lipinski definition) is 0. The molecule has 150 valence electrons. The van der Waals surface area contributed by atoms with Gasteiger partial charge in [-0.05, 0) is 30.3 Å². The lowest BCUT2D eigenvalue weighted by molar-refractivity contribution is -0.137. The van der Waals surface area contributed by atoms with Crippen molar-refractivity contribution in [1.82, 2.24) is 14.8 Å². The summed E-state index contributed by atoms with van der Waals surface area (Å²) < 4.78 is 48.8. The van der Waals surface area contributed by atoms with E-state index in [-0.39, 0.29) is 27.9 Å². The van der Waals surface area contributed by atoms with Crippen LogP contribution in [0.3, 0.4) is 0 Å². The quantitative estimate of drug-likeness (QED) is 0.590. The van der Waals surface area contributed by atoms with Crippen molar-refractivity contribution in [1.29, 1.82) is 0 Å². The van der Waals surface area contributed by atoms with Gasteiger partial charge in [0.05, 0.1) is 24.4 Å². The van der Waals surface area contributed by atoms with Crippen LogP contribution in [0.5, 0.6) is 11.5 Å². The fourth-order valence-corrected chi connectivity index (χ4v) is 2.43. The summed E-state index contributed by atoms with van der Waals surface area (Å²) >= 11 is 6.03. The molecule has 0 saturated heterocycles. The maximum atomic E-state index is 12.6. The highest BCUT2D eigenvalue weighted by molar-refractivity contribution is 6.31. The molecule has 0 saturated carbocycles.